The van der Waals surface area contributed by atoms with E-state index in [0.717, 1.165) is 22.6 Å². The Kier molecular flexibility index (Phi) is 3.82. The summed E-state index contributed by atoms with van der Waals surface area (Å²) in [5.74, 6) is 0.841. The normalized spacial score (nSPS) is 16.0. The molecular formula is C19H20FN3. The van der Waals surface area contributed by atoms with Crippen LogP contribution >= 0.6 is 0 Å². The summed E-state index contributed by atoms with van der Waals surface area (Å²) >= 11 is 0. The lowest BCUT2D eigenvalue weighted by Crippen LogP contribution is -2.16. The maximum atomic E-state index is 13.1. The van der Waals surface area contributed by atoms with Crippen LogP contribution in [0.4, 0.5) is 4.39 Å². The van der Waals surface area contributed by atoms with Crippen LogP contribution < -0.4 is 0 Å². The summed E-state index contributed by atoms with van der Waals surface area (Å²) in [6, 6.07) is 11.2. The molecule has 2 heterocycles. The van der Waals surface area contributed by atoms with E-state index in [1.807, 2.05) is 30.5 Å². The SMILES string of the molecule is Fc1ccc(Cc2nc3cccnc3n2C2CCCCC2)cc1. The van der Waals surface area contributed by atoms with E-state index < -0.39 is 0 Å². The van der Waals surface area contributed by atoms with Crippen molar-refractivity contribution < 1.29 is 4.39 Å². The number of benzene rings is 1. The molecule has 0 aliphatic heterocycles. The van der Waals surface area contributed by atoms with Crippen LogP contribution in [-0.2, 0) is 6.42 Å². The summed E-state index contributed by atoms with van der Waals surface area (Å²) in [4.78, 5) is 9.39. The summed E-state index contributed by atoms with van der Waals surface area (Å²) in [5, 5.41) is 0. The number of rotatable bonds is 3. The smallest absolute Gasteiger partial charge is 0.160 e. The van der Waals surface area contributed by atoms with Crippen molar-refractivity contribution in [2.45, 2.75) is 44.6 Å². The fraction of sp³-hybridized carbons (Fsp3) is 0.368. The molecule has 0 unspecified atom stereocenters. The van der Waals surface area contributed by atoms with Gasteiger partial charge in [0.2, 0.25) is 0 Å². The second-order valence-corrected chi connectivity index (χ2v) is 6.34. The standard InChI is InChI=1S/C19H20FN3/c20-15-10-8-14(9-11-15)13-18-22-17-7-4-12-21-19(17)23(18)16-5-2-1-3-6-16/h4,7-12,16H,1-3,5-6,13H2. The van der Waals surface area contributed by atoms with Gasteiger partial charge in [0.05, 0.1) is 0 Å². The van der Waals surface area contributed by atoms with Gasteiger partial charge >= 0.3 is 0 Å². The van der Waals surface area contributed by atoms with Crippen LogP contribution in [0.1, 0.15) is 49.5 Å². The van der Waals surface area contributed by atoms with Gasteiger partial charge in [-0.05, 0) is 42.7 Å². The van der Waals surface area contributed by atoms with Crippen LogP contribution in [0.5, 0.6) is 0 Å². The van der Waals surface area contributed by atoms with Crippen LogP contribution in [0, 0.1) is 5.82 Å². The topological polar surface area (TPSA) is 30.7 Å². The molecule has 1 fully saturated rings. The number of imidazole rings is 1. The van der Waals surface area contributed by atoms with Crippen molar-refractivity contribution in [1.82, 2.24) is 14.5 Å². The Hall–Kier alpha value is -2.23. The maximum absolute atomic E-state index is 13.1. The molecule has 0 N–H and O–H groups in total. The van der Waals surface area contributed by atoms with E-state index in [4.69, 9.17) is 4.98 Å². The first-order valence-electron chi connectivity index (χ1n) is 8.37. The number of pyridine rings is 1. The van der Waals surface area contributed by atoms with E-state index in [1.54, 1.807) is 0 Å². The molecule has 4 heteroatoms. The van der Waals surface area contributed by atoms with Crippen molar-refractivity contribution in [3.05, 3.63) is 59.8 Å². The zero-order valence-electron chi connectivity index (χ0n) is 13.1. The first kappa shape index (κ1) is 14.4. The van der Waals surface area contributed by atoms with Crippen molar-refractivity contribution in [3.63, 3.8) is 0 Å². The van der Waals surface area contributed by atoms with Crippen molar-refractivity contribution in [2.24, 2.45) is 0 Å². The van der Waals surface area contributed by atoms with Crippen LogP contribution in [0.2, 0.25) is 0 Å². The van der Waals surface area contributed by atoms with E-state index in [1.165, 1.54) is 44.2 Å². The van der Waals surface area contributed by atoms with Crippen molar-refractivity contribution in [2.75, 3.05) is 0 Å². The molecule has 1 saturated carbocycles. The van der Waals surface area contributed by atoms with E-state index in [0.29, 0.717) is 12.5 Å². The van der Waals surface area contributed by atoms with Gasteiger partial charge in [0.25, 0.3) is 0 Å². The average Bonchev–Trinajstić information content (AvgIpc) is 2.95. The highest BCUT2D eigenvalue weighted by Crippen LogP contribution is 2.32. The predicted molar refractivity (Wildman–Crippen MR) is 88.9 cm³/mol. The molecule has 0 radical (unpaired) electrons. The van der Waals surface area contributed by atoms with Gasteiger partial charge in [0, 0.05) is 18.7 Å². The molecule has 3 nitrogen and oxygen atoms in total. The molecule has 0 bridgehead atoms. The van der Waals surface area contributed by atoms with Crippen molar-refractivity contribution >= 4 is 11.2 Å². The maximum Gasteiger partial charge on any atom is 0.160 e. The highest BCUT2D eigenvalue weighted by Gasteiger charge is 2.22. The average molecular weight is 309 g/mol. The number of halogens is 1. The second kappa shape index (κ2) is 6.11. The Bertz CT molecular complexity index is 801. The van der Waals surface area contributed by atoms with E-state index in [9.17, 15) is 4.39 Å². The number of aromatic nitrogens is 3. The van der Waals surface area contributed by atoms with Gasteiger partial charge < -0.3 is 4.57 Å². The Labute approximate surface area is 135 Å². The number of hydrogen-bond acceptors (Lipinski definition) is 2. The predicted octanol–water partition coefficient (Wildman–Crippen LogP) is 4.67. The number of fused-ring (bicyclic) bond motifs is 1. The summed E-state index contributed by atoms with van der Waals surface area (Å²) in [7, 11) is 0. The molecule has 23 heavy (non-hydrogen) atoms. The third-order valence-electron chi connectivity index (χ3n) is 4.74. The molecule has 0 amide bonds. The minimum atomic E-state index is -0.198. The fourth-order valence-electron chi connectivity index (χ4n) is 3.61. The Morgan fingerprint density at radius 2 is 1.83 bits per heavy atom. The third-order valence-corrected chi connectivity index (χ3v) is 4.74. The lowest BCUT2D eigenvalue weighted by atomic mass is 9.95. The van der Waals surface area contributed by atoms with Crippen LogP contribution in [0.3, 0.4) is 0 Å². The van der Waals surface area contributed by atoms with Gasteiger partial charge in [0.15, 0.2) is 5.65 Å². The lowest BCUT2D eigenvalue weighted by Gasteiger charge is -2.25. The molecule has 1 aliphatic rings. The summed E-state index contributed by atoms with van der Waals surface area (Å²) < 4.78 is 15.5. The van der Waals surface area contributed by atoms with Gasteiger partial charge in [-0.3, -0.25) is 0 Å². The molecule has 1 aromatic carbocycles. The fourth-order valence-corrected chi connectivity index (χ4v) is 3.61. The van der Waals surface area contributed by atoms with Gasteiger partial charge in [-0.25, -0.2) is 14.4 Å². The zero-order chi connectivity index (χ0) is 15.6. The number of nitrogens with zero attached hydrogens (tertiary/aromatic N) is 3. The Morgan fingerprint density at radius 1 is 1.04 bits per heavy atom. The van der Waals surface area contributed by atoms with Gasteiger partial charge in [-0.15, -0.1) is 0 Å². The molecule has 3 aromatic rings. The third kappa shape index (κ3) is 2.85. The second-order valence-electron chi connectivity index (χ2n) is 6.34. The van der Waals surface area contributed by atoms with Gasteiger partial charge in [-0.1, -0.05) is 31.4 Å². The summed E-state index contributed by atoms with van der Waals surface area (Å²) in [5.41, 5.74) is 3.02. The highest BCUT2D eigenvalue weighted by molar-refractivity contribution is 5.71. The molecule has 0 saturated heterocycles. The molecule has 2 aromatic heterocycles. The van der Waals surface area contributed by atoms with Crippen LogP contribution in [-0.4, -0.2) is 14.5 Å². The lowest BCUT2D eigenvalue weighted by molar-refractivity contribution is 0.352. The highest BCUT2D eigenvalue weighted by atomic mass is 19.1. The van der Waals surface area contributed by atoms with E-state index in [-0.39, 0.29) is 5.82 Å². The largest absolute Gasteiger partial charge is 0.309 e. The first-order chi connectivity index (χ1) is 11.3. The minimum Gasteiger partial charge on any atom is -0.309 e. The Balaban J connectivity index is 1.76. The molecule has 1 aliphatic carbocycles. The summed E-state index contributed by atoms with van der Waals surface area (Å²) in [6.07, 6.45) is 8.80. The van der Waals surface area contributed by atoms with Gasteiger partial charge in [-0.2, -0.15) is 0 Å². The first-order valence-corrected chi connectivity index (χ1v) is 8.37. The zero-order valence-corrected chi connectivity index (χ0v) is 13.1. The molecule has 0 atom stereocenters. The Morgan fingerprint density at radius 3 is 2.61 bits per heavy atom. The molecule has 4 rings (SSSR count). The van der Waals surface area contributed by atoms with E-state index >= 15 is 0 Å². The minimum absolute atomic E-state index is 0.198. The van der Waals surface area contributed by atoms with Gasteiger partial charge in [0.1, 0.15) is 17.2 Å². The quantitative estimate of drug-likeness (QED) is 0.704. The summed E-state index contributed by atoms with van der Waals surface area (Å²) in [6.45, 7) is 0. The van der Waals surface area contributed by atoms with Crippen molar-refractivity contribution in [1.29, 1.82) is 0 Å². The van der Waals surface area contributed by atoms with Crippen molar-refractivity contribution in [3.8, 4) is 0 Å². The molecule has 118 valence electrons. The van der Waals surface area contributed by atoms with Crippen LogP contribution in [0.25, 0.3) is 11.2 Å². The molecular weight excluding hydrogens is 289 g/mol. The van der Waals surface area contributed by atoms with Crippen LogP contribution in [0.15, 0.2) is 42.6 Å². The van der Waals surface area contributed by atoms with E-state index in [2.05, 4.69) is 9.55 Å². The number of hydrogen-bond donors (Lipinski definition) is 0. The monoisotopic (exact) mass is 309 g/mol. The molecule has 0 spiro atoms.